The van der Waals surface area contributed by atoms with Gasteiger partial charge in [0.25, 0.3) is 0 Å². The number of anilines is 1. The first-order valence-corrected chi connectivity index (χ1v) is 8.81. The fraction of sp³-hybridized carbons (Fsp3) is 0.278. The van der Waals surface area contributed by atoms with E-state index in [9.17, 15) is 0 Å². The van der Waals surface area contributed by atoms with E-state index >= 15 is 0 Å². The monoisotopic (exact) mass is 411 g/mol. The van der Waals surface area contributed by atoms with E-state index in [1.807, 2.05) is 32.3 Å². The summed E-state index contributed by atoms with van der Waals surface area (Å²) in [5.74, 6) is 1.34. The van der Waals surface area contributed by atoms with Gasteiger partial charge in [-0.1, -0.05) is 42.2 Å². The van der Waals surface area contributed by atoms with Gasteiger partial charge in [0.05, 0.1) is 22.6 Å². The molecule has 0 amide bonds. The smallest absolute Gasteiger partial charge is 0.148 e. The van der Waals surface area contributed by atoms with Crippen LogP contribution in [0.25, 0.3) is 5.69 Å². The number of nitrogens with one attached hydrogen (secondary N) is 1. The molecule has 8 heteroatoms. The molecule has 0 saturated heterocycles. The molecule has 2 heterocycles. The largest absolute Gasteiger partial charge is 0.368 e. The van der Waals surface area contributed by atoms with Crippen LogP contribution in [0.5, 0.6) is 0 Å². The van der Waals surface area contributed by atoms with E-state index < -0.39 is 0 Å². The van der Waals surface area contributed by atoms with Crippen LogP contribution in [0, 0.1) is 13.8 Å². The molecular weight excluding hydrogens is 393 g/mol. The number of hydrogen-bond donors (Lipinski definition) is 1. The zero-order chi connectivity index (χ0) is 18.0. The molecule has 0 aliphatic rings. The van der Waals surface area contributed by atoms with E-state index in [0.29, 0.717) is 33.3 Å². The Morgan fingerprint density at radius 3 is 2.62 bits per heavy atom. The minimum atomic E-state index is 0. The van der Waals surface area contributed by atoms with Crippen LogP contribution in [-0.2, 0) is 6.42 Å². The molecule has 0 aliphatic heterocycles. The highest BCUT2D eigenvalue weighted by Gasteiger charge is 2.09. The molecule has 0 spiro atoms. The number of rotatable bonds is 5. The molecular formula is C18H20Cl3N5. The lowest BCUT2D eigenvalue weighted by Crippen LogP contribution is -2.08. The van der Waals surface area contributed by atoms with Gasteiger partial charge in [0.15, 0.2) is 0 Å². The SMILES string of the molecule is C.Cc1nc(C)c(Cl)c(NCCc2cnn(-c3ccc(Cl)cc3Cl)c2)n1. The van der Waals surface area contributed by atoms with Crippen LogP contribution in [0.4, 0.5) is 5.82 Å². The second-order valence-corrected chi connectivity index (χ2v) is 6.81. The molecule has 0 radical (unpaired) electrons. The van der Waals surface area contributed by atoms with E-state index in [0.717, 1.165) is 23.4 Å². The van der Waals surface area contributed by atoms with Crippen LogP contribution in [-0.4, -0.2) is 26.3 Å². The van der Waals surface area contributed by atoms with Crippen molar-refractivity contribution in [3.05, 3.63) is 62.7 Å². The van der Waals surface area contributed by atoms with Crippen LogP contribution in [0.1, 0.15) is 24.5 Å². The second kappa shape index (κ2) is 8.71. The summed E-state index contributed by atoms with van der Waals surface area (Å²) in [6.45, 7) is 4.38. The van der Waals surface area contributed by atoms with Gasteiger partial charge in [-0.05, 0) is 44.0 Å². The van der Waals surface area contributed by atoms with E-state index in [1.165, 1.54) is 0 Å². The van der Waals surface area contributed by atoms with Crippen molar-refractivity contribution in [2.45, 2.75) is 27.7 Å². The highest BCUT2D eigenvalue weighted by molar-refractivity contribution is 6.35. The second-order valence-electron chi connectivity index (χ2n) is 5.58. The number of hydrogen-bond acceptors (Lipinski definition) is 4. The summed E-state index contributed by atoms with van der Waals surface area (Å²) in [6, 6.07) is 5.32. The number of benzene rings is 1. The molecule has 0 fully saturated rings. The van der Waals surface area contributed by atoms with Gasteiger partial charge in [0, 0.05) is 17.8 Å². The standard InChI is InChI=1S/C17H16Cl3N5.CH4/c1-10-16(20)17(24-11(2)23-10)21-6-5-12-8-22-25(9-12)15-4-3-13(18)7-14(15)19;/h3-4,7-9H,5-6H2,1-2H3,(H,21,23,24);1H4. The van der Waals surface area contributed by atoms with Gasteiger partial charge in [-0.15, -0.1) is 0 Å². The summed E-state index contributed by atoms with van der Waals surface area (Å²) in [5, 5.41) is 9.31. The third-order valence-electron chi connectivity index (χ3n) is 3.63. The van der Waals surface area contributed by atoms with Crippen LogP contribution in [0.2, 0.25) is 15.1 Å². The highest BCUT2D eigenvalue weighted by atomic mass is 35.5. The van der Waals surface area contributed by atoms with Crippen molar-refractivity contribution in [1.29, 1.82) is 0 Å². The van der Waals surface area contributed by atoms with Gasteiger partial charge in [0.2, 0.25) is 0 Å². The average Bonchev–Trinajstić information content (AvgIpc) is 3.00. The van der Waals surface area contributed by atoms with E-state index in [1.54, 1.807) is 16.8 Å². The third kappa shape index (κ3) is 4.67. The Morgan fingerprint density at radius 2 is 1.88 bits per heavy atom. The molecule has 2 aromatic heterocycles. The number of halogens is 3. The summed E-state index contributed by atoms with van der Waals surface area (Å²) < 4.78 is 1.74. The van der Waals surface area contributed by atoms with Crippen LogP contribution >= 0.6 is 34.8 Å². The van der Waals surface area contributed by atoms with Gasteiger partial charge in [-0.3, -0.25) is 0 Å². The molecule has 1 N–H and O–H groups in total. The van der Waals surface area contributed by atoms with Crippen molar-refractivity contribution in [2.75, 3.05) is 11.9 Å². The first-order chi connectivity index (χ1) is 11.9. The number of nitrogens with zero attached hydrogens (tertiary/aromatic N) is 4. The molecule has 0 bridgehead atoms. The predicted molar refractivity (Wildman–Crippen MR) is 109 cm³/mol. The Balaban J connectivity index is 0.00000243. The Bertz CT molecular complexity index is 908. The minimum absolute atomic E-state index is 0. The van der Waals surface area contributed by atoms with Crippen molar-refractivity contribution in [3.63, 3.8) is 0 Å². The zero-order valence-corrected chi connectivity index (χ0v) is 16.0. The molecule has 3 rings (SSSR count). The summed E-state index contributed by atoms with van der Waals surface area (Å²) in [4.78, 5) is 8.57. The Kier molecular flexibility index (Phi) is 6.87. The molecule has 138 valence electrons. The molecule has 5 nitrogen and oxygen atoms in total. The Morgan fingerprint density at radius 1 is 1.12 bits per heavy atom. The highest BCUT2D eigenvalue weighted by Crippen LogP contribution is 2.24. The van der Waals surface area contributed by atoms with Crippen molar-refractivity contribution >= 4 is 40.6 Å². The van der Waals surface area contributed by atoms with E-state index in [-0.39, 0.29) is 7.43 Å². The fourth-order valence-corrected chi connectivity index (χ4v) is 3.08. The molecule has 0 unspecified atom stereocenters. The normalized spacial score (nSPS) is 10.5. The fourth-order valence-electron chi connectivity index (χ4n) is 2.43. The van der Waals surface area contributed by atoms with E-state index in [2.05, 4.69) is 20.4 Å². The molecule has 26 heavy (non-hydrogen) atoms. The lowest BCUT2D eigenvalue weighted by Gasteiger charge is -2.09. The lowest BCUT2D eigenvalue weighted by molar-refractivity contribution is 0.879. The molecule has 3 aromatic rings. The van der Waals surface area contributed by atoms with Crippen LogP contribution in [0.15, 0.2) is 30.6 Å². The van der Waals surface area contributed by atoms with Gasteiger partial charge in [0.1, 0.15) is 16.7 Å². The van der Waals surface area contributed by atoms with Crippen molar-refractivity contribution in [2.24, 2.45) is 0 Å². The first kappa shape index (κ1) is 20.5. The van der Waals surface area contributed by atoms with Crippen molar-refractivity contribution in [3.8, 4) is 5.69 Å². The Labute approximate surface area is 168 Å². The average molecular weight is 413 g/mol. The Hall–Kier alpha value is -1.82. The first-order valence-electron chi connectivity index (χ1n) is 7.67. The van der Waals surface area contributed by atoms with Crippen LogP contribution in [0.3, 0.4) is 0 Å². The molecule has 1 aromatic carbocycles. The maximum atomic E-state index is 6.23. The molecule has 0 saturated carbocycles. The third-order valence-corrected chi connectivity index (χ3v) is 4.62. The van der Waals surface area contributed by atoms with Gasteiger partial charge in [-0.2, -0.15) is 5.10 Å². The summed E-state index contributed by atoms with van der Waals surface area (Å²) in [7, 11) is 0. The maximum absolute atomic E-state index is 6.23. The summed E-state index contributed by atoms with van der Waals surface area (Å²) >= 11 is 18.4. The summed E-state index contributed by atoms with van der Waals surface area (Å²) in [6.07, 6.45) is 4.52. The topological polar surface area (TPSA) is 55.6 Å². The number of aryl methyl sites for hydroxylation is 2. The van der Waals surface area contributed by atoms with Crippen LogP contribution < -0.4 is 5.32 Å². The molecule has 0 atom stereocenters. The van der Waals surface area contributed by atoms with Gasteiger partial charge < -0.3 is 5.32 Å². The van der Waals surface area contributed by atoms with Crippen molar-refractivity contribution in [1.82, 2.24) is 19.7 Å². The van der Waals surface area contributed by atoms with Crippen molar-refractivity contribution < 1.29 is 0 Å². The maximum Gasteiger partial charge on any atom is 0.148 e. The zero-order valence-electron chi connectivity index (χ0n) is 13.7. The minimum Gasteiger partial charge on any atom is -0.368 e. The van der Waals surface area contributed by atoms with Gasteiger partial charge >= 0.3 is 0 Å². The number of aromatic nitrogens is 4. The summed E-state index contributed by atoms with van der Waals surface area (Å²) in [5.41, 5.74) is 2.62. The quantitative estimate of drug-likeness (QED) is 0.598. The molecule has 0 aliphatic carbocycles. The predicted octanol–water partition coefficient (Wildman–Crippen LogP) is 5.53. The van der Waals surface area contributed by atoms with E-state index in [4.69, 9.17) is 34.8 Å². The van der Waals surface area contributed by atoms with Gasteiger partial charge in [-0.25, -0.2) is 14.6 Å². The lowest BCUT2D eigenvalue weighted by atomic mass is 10.2.